The zero-order valence-corrected chi connectivity index (χ0v) is 25.9. The molecule has 8 nitrogen and oxygen atoms in total. The van der Waals surface area contributed by atoms with Crippen molar-refractivity contribution in [3.8, 4) is 28.5 Å². The predicted molar refractivity (Wildman–Crippen MR) is 166 cm³/mol. The molecule has 2 aromatic carbocycles. The SMILES string of the molecule is CC(C)(C)c1cc(-c2csc(C3CCN(C(=O)C=CC(=O)Nc4ccc5c(c4)OCO5)CC3)n2)cc(C(C)(C)C)c1O. The summed E-state index contributed by atoms with van der Waals surface area (Å²) in [5.74, 6) is 1.29. The lowest BCUT2D eigenvalue weighted by Gasteiger charge is -2.30. The molecule has 0 radical (unpaired) electrons. The smallest absolute Gasteiger partial charge is 0.248 e. The van der Waals surface area contributed by atoms with Crippen molar-refractivity contribution in [3.63, 3.8) is 0 Å². The van der Waals surface area contributed by atoms with Crippen molar-refractivity contribution in [3.05, 3.63) is 64.0 Å². The Morgan fingerprint density at radius 3 is 2.26 bits per heavy atom. The zero-order chi connectivity index (χ0) is 30.2. The Morgan fingerprint density at radius 2 is 1.62 bits per heavy atom. The number of hydrogen-bond donors (Lipinski definition) is 2. The van der Waals surface area contributed by atoms with Gasteiger partial charge in [-0.15, -0.1) is 11.3 Å². The van der Waals surface area contributed by atoms with Gasteiger partial charge in [0.25, 0.3) is 0 Å². The lowest BCUT2D eigenvalue weighted by molar-refractivity contribution is -0.127. The summed E-state index contributed by atoms with van der Waals surface area (Å²) in [5.41, 5.74) is 3.93. The molecular formula is C33H39N3O5S. The normalized spacial score (nSPS) is 15.8. The molecule has 5 rings (SSSR count). The quantitative estimate of drug-likeness (QED) is 0.320. The van der Waals surface area contributed by atoms with E-state index in [1.54, 1.807) is 34.4 Å². The average molecular weight is 590 g/mol. The molecule has 222 valence electrons. The van der Waals surface area contributed by atoms with Crippen LogP contribution in [0.4, 0.5) is 5.69 Å². The third-order valence-electron chi connectivity index (χ3n) is 7.72. The van der Waals surface area contributed by atoms with E-state index in [4.69, 9.17) is 14.5 Å². The van der Waals surface area contributed by atoms with Gasteiger partial charge in [-0.2, -0.15) is 0 Å². The van der Waals surface area contributed by atoms with Crippen molar-refractivity contribution in [2.75, 3.05) is 25.2 Å². The van der Waals surface area contributed by atoms with E-state index in [9.17, 15) is 14.7 Å². The molecule has 2 N–H and O–H groups in total. The molecule has 3 aromatic rings. The number of nitrogens with one attached hydrogen (secondary N) is 1. The number of benzene rings is 2. The number of aromatic nitrogens is 1. The first-order chi connectivity index (χ1) is 19.8. The molecular weight excluding hydrogens is 550 g/mol. The van der Waals surface area contributed by atoms with Crippen molar-refractivity contribution in [1.82, 2.24) is 9.88 Å². The van der Waals surface area contributed by atoms with Gasteiger partial charge in [-0.3, -0.25) is 9.59 Å². The second kappa shape index (κ2) is 11.4. The minimum Gasteiger partial charge on any atom is -0.507 e. The van der Waals surface area contributed by atoms with Crippen LogP contribution in [0.2, 0.25) is 0 Å². The number of hydrogen-bond acceptors (Lipinski definition) is 7. The molecule has 0 atom stereocenters. The van der Waals surface area contributed by atoms with Crippen LogP contribution in [0.15, 0.2) is 47.9 Å². The van der Waals surface area contributed by atoms with Gasteiger partial charge in [0, 0.05) is 65.0 Å². The van der Waals surface area contributed by atoms with E-state index < -0.39 is 0 Å². The molecule has 9 heteroatoms. The van der Waals surface area contributed by atoms with Crippen LogP contribution in [0.5, 0.6) is 17.2 Å². The van der Waals surface area contributed by atoms with E-state index in [0.29, 0.717) is 36.0 Å². The first kappa shape index (κ1) is 29.6. The van der Waals surface area contributed by atoms with Gasteiger partial charge < -0.3 is 24.8 Å². The fourth-order valence-electron chi connectivity index (χ4n) is 5.29. The van der Waals surface area contributed by atoms with E-state index in [0.717, 1.165) is 40.2 Å². The van der Waals surface area contributed by atoms with Crippen LogP contribution < -0.4 is 14.8 Å². The fraction of sp³-hybridized carbons (Fsp3) is 0.424. The molecule has 2 amide bonds. The fourth-order valence-corrected chi connectivity index (χ4v) is 6.29. The summed E-state index contributed by atoms with van der Waals surface area (Å²) in [4.78, 5) is 31.9. The van der Waals surface area contributed by atoms with Gasteiger partial charge in [0.15, 0.2) is 11.5 Å². The average Bonchev–Trinajstić information content (AvgIpc) is 3.60. The number of ether oxygens (including phenoxy) is 2. The van der Waals surface area contributed by atoms with Gasteiger partial charge in [-0.05, 0) is 47.9 Å². The molecule has 1 aromatic heterocycles. The maximum atomic E-state index is 12.8. The van der Waals surface area contributed by atoms with Crippen LogP contribution in [0, 0.1) is 0 Å². The first-order valence-electron chi connectivity index (χ1n) is 14.3. The van der Waals surface area contributed by atoms with E-state index in [-0.39, 0.29) is 35.4 Å². The molecule has 2 aliphatic heterocycles. The maximum absolute atomic E-state index is 12.8. The van der Waals surface area contributed by atoms with E-state index >= 15 is 0 Å². The lowest BCUT2D eigenvalue weighted by Crippen LogP contribution is -2.37. The second-order valence-electron chi connectivity index (χ2n) is 13.0. The van der Waals surface area contributed by atoms with Crippen LogP contribution in [0.25, 0.3) is 11.3 Å². The molecule has 42 heavy (non-hydrogen) atoms. The highest BCUT2D eigenvalue weighted by Gasteiger charge is 2.29. The molecule has 2 aliphatic rings. The number of carbonyl (C=O) groups excluding carboxylic acids is 2. The largest absolute Gasteiger partial charge is 0.507 e. The molecule has 3 heterocycles. The molecule has 1 saturated heterocycles. The van der Waals surface area contributed by atoms with Crippen LogP contribution in [-0.2, 0) is 20.4 Å². The number of phenols is 1. The monoisotopic (exact) mass is 589 g/mol. The lowest BCUT2D eigenvalue weighted by atomic mass is 9.78. The number of rotatable bonds is 5. The number of nitrogens with zero attached hydrogens (tertiary/aromatic N) is 2. The third kappa shape index (κ3) is 6.46. The number of thiazole rings is 1. The number of anilines is 1. The molecule has 0 saturated carbocycles. The Labute approximate surface area is 251 Å². The van der Waals surface area contributed by atoms with Gasteiger partial charge in [-0.1, -0.05) is 41.5 Å². The minimum atomic E-state index is -0.383. The number of carbonyl (C=O) groups is 2. The summed E-state index contributed by atoms with van der Waals surface area (Å²) in [6.45, 7) is 14.0. The summed E-state index contributed by atoms with van der Waals surface area (Å²) >= 11 is 1.65. The molecule has 0 unspecified atom stereocenters. The summed E-state index contributed by atoms with van der Waals surface area (Å²) in [5, 5.41) is 17.0. The van der Waals surface area contributed by atoms with E-state index in [1.807, 2.05) is 0 Å². The van der Waals surface area contributed by atoms with Gasteiger partial charge in [0.05, 0.1) is 10.7 Å². The Hall–Kier alpha value is -3.85. The third-order valence-corrected chi connectivity index (χ3v) is 8.72. The Balaban J connectivity index is 1.20. The van der Waals surface area contributed by atoms with Crippen molar-refractivity contribution in [1.29, 1.82) is 0 Å². The Kier molecular flexibility index (Phi) is 8.07. The molecule has 0 bridgehead atoms. The maximum Gasteiger partial charge on any atom is 0.248 e. The zero-order valence-electron chi connectivity index (χ0n) is 25.1. The first-order valence-corrected chi connectivity index (χ1v) is 15.2. The van der Waals surface area contributed by atoms with Crippen molar-refractivity contribution < 1.29 is 24.2 Å². The summed E-state index contributed by atoms with van der Waals surface area (Å²) in [7, 11) is 0. The standard InChI is InChI=1S/C33H39N3O5S/c1-32(2,3)23-15-21(16-24(30(23)39)33(4,5)6)25-18-42-31(35-25)20-11-13-36(14-12-20)29(38)10-9-28(37)34-22-7-8-26-27(17-22)41-19-40-26/h7-10,15-18,20,39H,11-14,19H2,1-6H3,(H,34,37). The summed E-state index contributed by atoms with van der Waals surface area (Å²) in [6.07, 6.45) is 4.22. The molecule has 0 spiro atoms. The van der Waals surface area contributed by atoms with Gasteiger partial charge >= 0.3 is 0 Å². The van der Waals surface area contributed by atoms with Crippen LogP contribution >= 0.6 is 11.3 Å². The number of fused-ring (bicyclic) bond motifs is 1. The van der Waals surface area contributed by atoms with Crippen molar-refractivity contribution in [2.24, 2.45) is 0 Å². The van der Waals surface area contributed by atoms with Crippen molar-refractivity contribution >= 4 is 28.8 Å². The highest BCUT2D eigenvalue weighted by atomic mass is 32.1. The number of aromatic hydroxyl groups is 1. The minimum absolute atomic E-state index is 0.163. The second-order valence-corrected chi connectivity index (χ2v) is 13.9. The number of likely N-dealkylation sites (tertiary alicyclic amines) is 1. The summed E-state index contributed by atoms with van der Waals surface area (Å²) in [6, 6.07) is 9.29. The van der Waals surface area contributed by atoms with Crippen LogP contribution in [-0.4, -0.2) is 46.7 Å². The van der Waals surface area contributed by atoms with E-state index in [2.05, 4.69) is 64.4 Å². The van der Waals surface area contributed by atoms with Crippen LogP contribution in [0.3, 0.4) is 0 Å². The van der Waals surface area contributed by atoms with Gasteiger partial charge in [-0.25, -0.2) is 4.98 Å². The van der Waals surface area contributed by atoms with Gasteiger partial charge in [0.1, 0.15) is 5.75 Å². The predicted octanol–water partition coefficient (Wildman–Crippen LogP) is 6.74. The highest BCUT2D eigenvalue weighted by Crippen LogP contribution is 2.43. The van der Waals surface area contributed by atoms with Crippen molar-refractivity contribution in [2.45, 2.75) is 71.1 Å². The summed E-state index contributed by atoms with van der Waals surface area (Å²) < 4.78 is 10.6. The van der Waals surface area contributed by atoms with Gasteiger partial charge in [0.2, 0.25) is 18.6 Å². The Bertz CT molecular complexity index is 1490. The van der Waals surface area contributed by atoms with Crippen LogP contribution in [0.1, 0.15) is 76.4 Å². The number of piperidine rings is 1. The molecule has 1 fully saturated rings. The highest BCUT2D eigenvalue weighted by molar-refractivity contribution is 7.10. The Morgan fingerprint density at radius 1 is 0.976 bits per heavy atom. The number of amides is 2. The molecule has 0 aliphatic carbocycles. The topological polar surface area (TPSA) is 101 Å². The van der Waals surface area contributed by atoms with E-state index in [1.165, 1.54) is 12.2 Å². The number of phenolic OH excluding ortho intramolecular Hbond substituents is 1.